The van der Waals surface area contributed by atoms with Crippen molar-refractivity contribution in [2.45, 2.75) is 6.54 Å². The van der Waals surface area contributed by atoms with Crippen molar-refractivity contribution in [2.24, 2.45) is 0 Å². The standard InChI is InChI=1S/C15H11FN4O2/c1-2-9-20-13(21)8-7-12(18-20)15-17-14(19-22-15)10-3-5-11(16)6-4-10/h2-8H,1,9H2. The van der Waals surface area contributed by atoms with Crippen molar-refractivity contribution in [1.29, 1.82) is 0 Å². The van der Waals surface area contributed by atoms with Gasteiger partial charge in [0.1, 0.15) is 11.5 Å². The van der Waals surface area contributed by atoms with Crippen LogP contribution in [0.5, 0.6) is 0 Å². The first-order valence-electron chi connectivity index (χ1n) is 6.46. The molecule has 0 aliphatic rings. The highest BCUT2D eigenvalue weighted by Crippen LogP contribution is 2.20. The van der Waals surface area contributed by atoms with Gasteiger partial charge in [-0.05, 0) is 30.3 Å². The smallest absolute Gasteiger partial charge is 0.278 e. The van der Waals surface area contributed by atoms with Crippen molar-refractivity contribution in [3.8, 4) is 23.0 Å². The van der Waals surface area contributed by atoms with Gasteiger partial charge in [0.05, 0.1) is 6.54 Å². The maximum Gasteiger partial charge on any atom is 0.278 e. The van der Waals surface area contributed by atoms with Gasteiger partial charge in [0.15, 0.2) is 0 Å². The molecule has 0 bridgehead atoms. The van der Waals surface area contributed by atoms with Crippen LogP contribution in [0.3, 0.4) is 0 Å². The van der Waals surface area contributed by atoms with E-state index in [-0.39, 0.29) is 23.8 Å². The molecule has 7 heteroatoms. The first kappa shape index (κ1) is 13.9. The average molecular weight is 298 g/mol. The summed E-state index contributed by atoms with van der Waals surface area (Å²) in [4.78, 5) is 15.8. The van der Waals surface area contributed by atoms with E-state index in [9.17, 15) is 9.18 Å². The summed E-state index contributed by atoms with van der Waals surface area (Å²) >= 11 is 0. The molecule has 2 heterocycles. The van der Waals surface area contributed by atoms with Crippen LogP contribution in [0.2, 0.25) is 0 Å². The summed E-state index contributed by atoms with van der Waals surface area (Å²) in [5.74, 6) is 0.154. The van der Waals surface area contributed by atoms with Gasteiger partial charge in [-0.3, -0.25) is 4.79 Å². The van der Waals surface area contributed by atoms with Gasteiger partial charge in [-0.15, -0.1) is 6.58 Å². The molecule has 0 aliphatic carbocycles. The van der Waals surface area contributed by atoms with Gasteiger partial charge in [-0.25, -0.2) is 9.07 Å². The molecule has 0 saturated carbocycles. The van der Waals surface area contributed by atoms with Gasteiger partial charge in [0.25, 0.3) is 11.4 Å². The largest absolute Gasteiger partial charge is 0.332 e. The van der Waals surface area contributed by atoms with E-state index in [0.29, 0.717) is 17.1 Å². The summed E-state index contributed by atoms with van der Waals surface area (Å²) in [6.07, 6.45) is 1.57. The molecule has 3 aromatic rings. The van der Waals surface area contributed by atoms with E-state index in [1.165, 1.54) is 28.9 Å². The molecular formula is C15H11FN4O2. The van der Waals surface area contributed by atoms with Crippen LogP contribution in [0, 0.1) is 5.82 Å². The van der Waals surface area contributed by atoms with Crippen LogP contribution < -0.4 is 5.56 Å². The Hall–Kier alpha value is -3.09. The molecule has 6 nitrogen and oxygen atoms in total. The van der Waals surface area contributed by atoms with Gasteiger partial charge in [0, 0.05) is 11.6 Å². The van der Waals surface area contributed by atoms with Crippen molar-refractivity contribution in [3.05, 3.63) is 65.2 Å². The average Bonchev–Trinajstić information content (AvgIpc) is 3.00. The third-order valence-corrected chi connectivity index (χ3v) is 2.92. The summed E-state index contributed by atoms with van der Waals surface area (Å²) in [5.41, 5.74) is 0.750. The second-order valence-electron chi connectivity index (χ2n) is 4.46. The van der Waals surface area contributed by atoms with Gasteiger partial charge >= 0.3 is 0 Å². The molecule has 0 saturated heterocycles. The summed E-state index contributed by atoms with van der Waals surface area (Å²) in [7, 11) is 0. The summed E-state index contributed by atoms with van der Waals surface area (Å²) in [6, 6.07) is 8.60. The third kappa shape index (κ3) is 2.69. The Morgan fingerprint density at radius 1 is 1.23 bits per heavy atom. The molecule has 0 unspecified atom stereocenters. The summed E-state index contributed by atoms with van der Waals surface area (Å²) in [5, 5.41) is 7.96. The second kappa shape index (κ2) is 5.72. The highest BCUT2D eigenvalue weighted by Gasteiger charge is 2.13. The minimum Gasteiger partial charge on any atom is -0.332 e. The number of nitrogens with zero attached hydrogens (tertiary/aromatic N) is 4. The maximum absolute atomic E-state index is 12.9. The van der Waals surface area contributed by atoms with Crippen LogP contribution in [-0.2, 0) is 6.54 Å². The molecule has 0 N–H and O–H groups in total. The maximum atomic E-state index is 12.9. The Balaban J connectivity index is 1.97. The zero-order valence-electron chi connectivity index (χ0n) is 11.4. The minimum atomic E-state index is -0.342. The lowest BCUT2D eigenvalue weighted by Gasteiger charge is -2.00. The van der Waals surface area contributed by atoms with Crippen LogP contribution in [0.4, 0.5) is 4.39 Å². The van der Waals surface area contributed by atoms with Gasteiger partial charge in [-0.1, -0.05) is 11.2 Å². The van der Waals surface area contributed by atoms with Crippen LogP contribution in [0.15, 0.2) is 58.4 Å². The number of rotatable bonds is 4. The SMILES string of the molecule is C=CCn1nc(-c2nc(-c3ccc(F)cc3)no2)ccc1=O. The van der Waals surface area contributed by atoms with Crippen molar-refractivity contribution < 1.29 is 8.91 Å². The van der Waals surface area contributed by atoms with Crippen molar-refractivity contribution in [1.82, 2.24) is 19.9 Å². The van der Waals surface area contributed by atoms with Gasteiger partial charge < -0.3 is 4.52 Å². The number of aromatic nitrogens is 4. The number of hydrogen-bond donors (Lipinski definition) is 0. The predicted octanol–water partition coefficient (Wildman–Crippen LogP) is 2.29. The Morgan fingerprint density at radius 2 is 2.00 bits per heavy atom. The van der Waals surface area contributed by atoms with E-state index in [2.05, 4.69) is 21.8 Å². The number of benzene rings is 1. The van der Waals surface area contributed by atoms with Crippen LogP contribution in [0.1, 0.15) is 0 Å². The Morgan fingerprint density at radius 3 is 2.73 bits per heavy atom. The monoisotopic (exact) mass is 298 g/mol. The Labute approximate surface area is 124 Å². The zero-order chi connectivity index (χ0) is 15.5. The fraction of sp³-hybridized carbons (Fsp3) is 0.0667. The zero-order valence-corrected chi connectivity index (χ0v) is 11.4. The predicted molar refractivity (Wildman–Crippen MR) is 77.4 cm³/mol. The highest BCUT2D eigenvalue weighted by molar-refractivity contribution is 5.57. The third-order valence-electron chi connectivity index (χ3n) is 2.92. The van der Waals surface area contributed by atoms with E-state index in [1.54, 1.807) is 18.2 Å². The summed E-state index contributed by atoms with van der Waals surface area (Å²) < 4.78 is 19.3. The fourth-order valence-electron chi connectivity index (χ4n) is 1.86. The first-order valence-corrected chi connectivity index (χ1v) is 6.46. The van der Waals surface area contributed by atoms with E-state index in [0.717, 1.165) is 0 Å². The van der Waals surface area contributed by atoms with E-state index >= 15 is 0 Å². The first-order chi connectivity index (χ1) is 10.7. The van der Waals surface area contributed by atoms with Crippen molar-refractivity contribution in [2.75, 3.05) is 0 Å². The Bertz CT molecular complexity index is 868. The van der Waals surface area contributed by atoms with Crippen molar-refractivity contribution in [3.63, 3.8) is 0 Å². The Kier molecular flexibility index (Phi) is 3.61. The lowest BCUT2D eigenvalue weighted by Crippen LogP contribution is -2.21. The van der Waals surface area contributed by atoms with Gasteiger partial charge in [-0.2, -0.15) is 10.1 Å². The number of halogens is 1. The fourth-order valence-corrected chi connectivity index (χ4v) is 1.86. The van der Waals surface area contributed by atoms with Gasteiger partial charge in [0.2, 0.25) is 5.82 Å². The molecule has 110 valence electrons. The van der Waals surface area contributed by atoms with E-state index < -0.39 is 0 Å². The molecule has 0 aliphatic heterocycles. The lowest BCUT2D eigenvalue weighted by molar-refractivity contribution is 0.429. The quantitative estimate of drug-likeness (QED) is 0.691. The van der Waals surface area contributed by atoms with E-state index in [1.807, 2.05) is 0 Å². The molecule has 3 rings (SSSR count). The minimum absolute atomic E-state index is 0.178. The van der Waals surface area contributed by atoms with Crippen LogP contribution in [-0.4, -0.2) is 19.9 Å². The molecular weight excluding hydrogens is 287 g/mol. The topological polar surface area (TPSA) is 73.8 Å². The number of allylic oxidation sites excluding steroid dienone is 1. The van der Waals surface area contributed by atoms with Crippen LogP contribution in [0.25, 0.3) is 23.0 Å². The molecule has 22 heavy (non-hydrogen) atoms. The molecule has 0 radical (unpaired) electrons. The number of hydrogen-bond acceptors (Lipinski definition) is 5. The normalized spacial score (nSPS) is 10.6. The summed E-state index contributed by atoms with van der Waals surface area (Å²) in [6.45, 7) is 3.85. The molecule has 0 atom stereocenters. The van der Waals surface area contributed by atoms with E-state index in [4.69, 9.17) is 4.52 Å². The molecule has 0 fully saturated rings. The highest BCUT2D eigenvalue weighted by atomic mass is 19.1. The van der Waals surface area contributed by atoms with Crippen LogP contribution >= 0.6 is 0 Å². The molecule has 1 aromatic carbocycles. The molecule has 2 aromatic heterocycles. The molecule has 0 amide bonds. The second-order valence-corrected chi connectivity index (χ2v) is 4.46. The lowest BCUT2D eigenvalue weighted by atomic mass is 10.2. The van der Waals surface area contributed by atoms with Crippen molar-refractivity contribution >= 4 is 0 Å². The molecule has 0 spiro atoms.